The Morgan fingerprint density at radius 3 is 2.73 bits per heavy atom. The molecule has 156 valence electrons. The van der Waals surface area contributed by atoms with Crippen LogP contribution in [0, 0.1) is 6.92 Å². The molecule has 2 fully saturated rings. The summed E-state index contributed by atoms with van der Waals surface area (Å²) < 4.78 is 20.6. The smallest absolute Gasteiger partial charge is 0.233 e. The molecule has 0 aliphatic carbocycles. The second-order valence-electron chi connectivity index (χ2n) is 8.03. The van der Waals surface area contributed by atoms with Gasteiger partial charge in [0, 0.05) is 36.2 Å². The molecule has 4 heterocycles. The van der Waals surface area contributed by atoms with Crippen molar-refractivity contribution in [2.75, 3.05) is 7.05 Å². The van der Waals surface area contributed by atoms with Crippen LogP contribution in [0.4, 0.5) is 4.39 Å². The summed E-state index contributed by atoms with van der Waals surface area (Å²) in [6, 6.07) is 8.77. The number of rotatable bonds is 4. The van der Waals surface area contributed by atoms with Gasteiger partial charge in [-0.2, -0.15) is 15.0 Å². The zero-order chi connectivity index (χ0) is 20.8. The number of hydrogen-bond donors (Lipinski definition) is 1. The number of aryl methyl sites for hydroxylation is 1. The van der Waals surface area contributed by atoms with E-state index in [4.69, 9.17) is 4.74 Å². The van der Waals surface area contributed by atoms with E-state index in [1.165, 1.54) is 4.80 Å². The van der Waals surface area contributed by atoms with E-state index >= 15 is 0 Å². The summed E-state index contributed by atoms with van der Waals surface area (Å²) in [5, 5.41) is 27.1. The first-order chi connectivity index (χ1) is 14.5. The van der Waals surface area contributed by atoms with E-state index in [0.717, 1.165) is 18.5 Å². The third-order valence-electron chi connectivity index (χ3n) is 6.13. The number of aromatic hydroxyl groups is 1. The summed E-state index contributed by atoms with van der Waals surface area (Å²) in [4.78, 5) is 3.58. The third-order valence-corrected chi connectivity index (χ3v) is 6.13. The molecule has 1 N–H and O–H groups in total. The molecule has 2 aromatic heterocycles. The van der Waals surface area contributed by atoms with E-state index in [0.29, 0.717) is 35.3 Å². The van der Waals surface area contributed by atoms with Crippen LogP contribution in [0.25, 0.3) is 16.9 Å². The lowest BCUT2D eigenvalue weighted by atomic mass is 9.98. The molecule has 0 saturated carbocycles. The van der Waals surface area contributed by atoms with Gasteiger partial charge in [-0.15, -0.1) is 10.2 Å². The highest BCUT2D eigenvalue weighted by molar-refractivity contribution is 5.68. The lowest BCUT2D eigenvalue weighted by Crippen LogP contribution is -2.52. The van der Waals surface area contributed by atoms with Gasteiger partial charge >= 0.3 is 0 Å². The van der Waals surface area contributed by atoms with Gasteiger partial charge in [-0.3, -0.25) is 4.90 Å². The molecule has 30 heavy (non-hydrogen) atoms. The minimum absolute atomic E-state index is 0.0427. The fraction of sp³-hybridized carbons (Fsp3) is 0.429. The Kier molecular flexibility index (Phi) is 4.62. The van der Waals surface area contributed by atoms with Crippen molar-refractivity contribution in [1.29, 1.82) is 0 Å². The number of phenols is 1. The summed E-state index contributed by atoms with van der Waals surface area (Å²) in [6.45, 7) is 1.85. The first-order valence-electron chi connectivity index (χ1n) is 10.1. The van der Waals surface area contributed by atoms with Crippen molar-refractivity contribution in [1.82, 2.24) is 30.1 Å². The molecule has 2 aliphatic rings. The van der Waals surface area contributed by atoms with Gasteiger partial charge in [0.25, 0.3) is 0 Å². The highest BCUT2D eigenvalue weighted by Gasteiger charge is 2.47. The molecule has 3 aromatic rings. The molecule has 2 saturated heterocycles. The number of alkyl halides is 1. The quantitative estimate of drug-likeness (QED) is 0.707. The minimum atomic E-state index is -1.04. The van der Waals surface area contributed by atoms with Crippen LogP contribution < -0.4 is 4.74 Å². The topological polar surface area (TPSA) is 89.2 Å². The van der Waals surface area contributed by atoms with Gasteiger partial charge in [0.1, 0.15) is 11.9 Å². The van der Waals surface area contributed by atoms with E-state index < -0.39 is 12.3 Å². The Balaban J connectivity index is 1.32. The first-order valence-corrected chi connectivity index (χ1v) is 10.1. The summed E-state index contributed by atoms with van der Waals surface area (Å²) in [7, 11) is 1.99. The largest absolute Gasteiger partial charge is 0.507 e. The molecule has 9 heteroatoms. The Bertz CT molecular complexity index is 1060. The van der Waals surface area contributed by atoms with Crippen molar-refractivity contribution < 1.29 is 14.2 Å². The number of hydrogen-bond acceptors (Lipinski definition) is 7. The number of halogens is 1. The van der Waals surface area contributed by atoms with Crippen LogP contribution in [0.1, 0.15) is 25.0 Å². The Morgan fingerprint density at radius 1 is 1.17 bits per heavy atom. The third kappa shape index (κ3) is 3.28. The van der Waals surface area contributed by atoms with Crippen LogP contribution in [-0.2, 0) is 0 Å². The SMILES string of the molecule is Cc1cnn(-c2ccc(-c3ccc(O[C@@H]4C[C@H]5CC[C@@H]([C@@H]4F)N5C)nn3)c(O)c2)n1. The average Bonchev–Trinajstić information content (AvgIpc) is 3.28. The van der Waals surface area contributed by atoms with Crippen molar-refractivity contribution >= 4 is 0 Å². The lowest BCUT2D eigenvalue weighted by Gasteiger charge is -2.38. The van der Waals surface area contributed by atoms with Gasteiger partial charge in [0.2, 0.25) is 5.88 Å². The zero-order valence-corrected chi connectivity index (χ0v) is 16.8. The number of benzene rings is 1. The van der Waals surface area contributed by atoms with E-state index in [2.05, 4.69) is 25.3 Å². The van der Waals surface area contributed by atoms with Crippen LogP contribution in [-0.4, -0.2) is 66.6 Å². The minimum Gasteiger partial charge on any atom is -0.507 e. The highest BCUT2D eigenvalue weighted by atomic mass is 19.1. The second kappa shape index (κ2) is 7.32. The van der Waals surface area contributed by atoms with Gasteiger partial charge in [0.05, 0.1) is 23.3 Å². The second-order valence-corrected chi connectivity index (χ2v) is 8.03. The summed E-state index contributed by atoms with van der Waals surface area (Å²) >= 11 is 0. The number of ether oxygens (including phenoxy) is 1. The predicted molar refractivity (Wildman–Crippen MR) is 107 cm³/mol. The van der Waals surface area contributed by atoms with Crippen LogP contribution in [0.5, 0.6) is 11.6 Å². The number of aromatic nitrogens is 5. The van der Waals surface area contributed by atoms with Gasteiger partial charge in [-0.05, 0) is 45.0 Å². The van der Waals surface area contributed by atoms with Gasteiger partial charge in [-0.1, -0.05) is 0 Å². The number of phenolic OH excluding ortho intramolecular Hbond substituents is 1. The molecule has 1 aromatic carbocycles. The van der Waals surface area contributed by atoms with Crippen molar-refractivity contribution in [3.05, 3.63) is 42.2 Å². The Labute approximate surface area is 173 Å². The average molecular weight is 410 g/mol. The van der Waals surface area contributed by atoms with Crippen molar-refractivity contribution in [2.45, 2.75) is 50.5 Å². The monoisotopic (exact) mass is 410 g/mol. The van der Waals surface area contributed by atoms with Gasteiger partial charge < -0.3 is 9.84 Å². The molecule has 0 radical (unpaired) electrons. The zero-order valence-electron chi connectivity index (χ0n) is 16.8. The summed E-state index contributed by atoms with van der Waals surface area (Å²) in [6.07, 6.45) is 2.64. The molecule has 8 nitrogen and oxygen atoms in total. The van der Waals surface area contributed by atoms with Crippen LogP contribution in [0.3, 0.4) is 0 Å². The fourth-order valence-electron chi connectivity index (χ4n) is 4.47. The molecule has 0 amide bonds. The normalized spacial score (nSPS) is 26.1. The molecule has 5 rings (SSSR count). The van der Waals surface area contributed by atoms with Crippen LogP contribution in [0.2, 0.25) is 0 Å². The van der Waals surface area contributed by atoms with E-state index in [1.54, 1.807) is 36.5 Å². The number of fused-ring (bicyclic) bond motifs is 2. The molecule has 0 spiro atoms. The van der Waals surface area contributed by atoms with Crippen molar-refractivity contribution in [3.63, 3.8) is 0 Å². The highest BCUT2D eigenvalue weighted by Crippen LogP contribution is 2.37. The van der Waals surface area contributed by atoms with Crippen molar-refractivity contribution in [2.24, 2.45) is 0 Å². The maximum Gasteiger partial charge on any atom is 0.233 e. The maximum absolute atomic E-state index is 14.8. The van der Waals surface area contributed by atoms with Crippen molar-refractivity contribution in [3.8, 4) is 28.6 Å². The standard InChI is InChI=1S/C21H23FN6O2/c1-12-11-23-28(26-12)14-3-5-15(18(29)9-14)16-6-8-20(25-24-16)30-19-10-13-4-7-17(21(19)22)27(13)2/h3,5-6,8-9,11,13,17,19,21,29H,4,7,10H2,1-2H3/t13-,17+,19-,21+/m1/s1. The van der Waals surface area contributed by atoms with Crippen LogP contribution >= 0.6 is 0 Å². The predicted octanol–water partition coefficient (Wildman–Crippen LogP) is 2.69. The van der Waals surface area contributed by atoms with E-state index in [1.807, 2.05) is 14.0 Å². The van der Waals surface area contributed by atoms with Gasteiger partial charge in [0.15, 0.2) is 6.17 Å². The van der Waals surface area contributed by atoms with Crippen LogP contribution in [0.15, 0.2) is 36.5 Å². The number of piperidine rings is 1. The first kappa shape index (κ1) is 18.9. The van der Waals surface area contributed by atoms with Gasteiger partial charge in [-0.25, -0.2) is 4.39 Å². The molecule has 2 bridgehead atoms. The summed E-state index contributed by atoms with van der Waals surface area (Å²) in [5.74, 6) is 0.337. The molecular formula is C21H23FN6O2. The molecular weight excluding hydrogens is 387 g/mol. The van der Waals surface area contributed by atoms with E-state index in [-0.39, 0.29) is 11.8 Å². The summed E-state index contributed by atoms with van der Waals surface area (Å²) in [5.41, 5.74) is 2.45. The Morgan fingerprint density at radius 2 is 2.03 bits per heavy atom. The fourth-order valence-corrected chi connectivity index (χ4v) is 4.47. The maximum atomic E-state index is 14.8. The number of nitrogens with zero attached hydrogens (tertiary/aromatic N) is 6. The molecule has 0 unspecified atom stereocenters. The molecule has 4 atom stereocenters. The lowest BCUT2D eigenvalue weighted by molar-refractivity contribution is -0.0134. The van der Waals surface area contributed by atoms with E-state index in [9.17, 15) is 9.50 Å². The Hall–Kier alpha value is -3.07. The molecule has 2 aliphatic heterocycles.